The SMILES string of the molecule is CC1(C)CCCCCc2c(nnn2I)C1. The Kier molecular flexibility index (Phi) is 3.33. The summed E-state index contributed by atoms with van der Waals surface area (Å²) in [5.74, 6) is 0. The minimum Gasteiger partial charge on any atom is -0.188 e. The van der Waals surface area contributed by atoms with E-state index in [0.717, 1.165) is 12.8 Å². The second-order valence-corrected chi connectivity index (χ2v) is 6.16. The maximum absolute atomic E-state index is 4.30. The van der Waals surface area contributed by atoms with E-state index in [4.69, 9.17) is 0 Å². The fourth-order valence-corrected chi connectivity index (χ4v) is 2.92. The van der Waals surface area contributed by atoms with Crippen molar-refractivity contribution in [3.63, 3.8) is 0 Å². The predicted octanol–water partition coefficient (Wildman–Crippen LogP) is 3.16. The Balaban J connectivity index is 2.28. The molecule has 1 aromatic rings. The third kappa shape index (κ3) is 2.71. The van der Waals surface area contributed by atoms with Gasteiger partial charge in [0, 0.05) is 0 Å². The molecule has 1 aromatic heterocycles. The summed E-state index contributed by atoms with van der Waals surface area (Å²) in [6, 6.07) is 0. The molecule has 1 heterocycles. The van der Waals surface area contributed by atoms with Gasteiger partial charge >= 0.3 is 0 Å². The van der Waals surface area contributed by atoms with Crippen molar-refractivity contribution >= 4 is 22.9 Å². The zero-order valence-corrected chi connectivity index (χ0v) is 11.6. The summed E-state index contributed by atoms with van der Waals surface area (Å²) >= 11 is 2.24. The van der Waals surface area contributed by atoms with Crippen LogP contribution >= 0.6 is 22.9 Å². The number of aromatic nitrogens is 3. The van der Waals surface area contributed by atoms with Crippen LogP contribution in [0.4, 0.5) is 0 Å². The van der Waals surface area contributed by atoms with Gasteiger partial charge in [-0.25, -0.2) is 0 Å². The third-order valence-corrected chi connectivity index (χ3v) is 3.99. The second-order valence-electron chi connectivity index (χ2n) is 5.24. The first-order valence-electron chi connectivity index (χ1n) is 5.68. The van der Waals surface area contributed by atoms with E-state index in [1.807, 2.05) is 2.90 Å². The number of rotatable bonds is 0. The summed E-state index contributed by atoms with van der Waals surface area (Å²) in [7, 11) is 0. The lowest BCUT2D eigenvalue weighted by molar-refractivity contribution is 0.317. The van der Waals surface area contributed by atoms with Crippen molar-refractivity contribution in [1.82, 2.24) is 13.2 Å². The number of fused-ring (bicyclic) bond motifs is 1. The first-order valence-corrected chi connectivity index (χ1v) is 6.65. The lowest BCUT2D eigenvalue weighted by Gasteiger charge is -2.22. The van der Waals surface area contributed by atoms with Crippen LogP contribution in [0, 0.1) is 5.41 Å². The van der Waals surface area contributed by atoms with Gasteiger partial charge in [-0.05, 0) is 31.1 Å². The molecule has 0 saturated carbocycles. The summed E-state index contributed by atoms with van der Waals surface area (Å²) in [6.45, 7) is 4.68. The van der Waals surface area contributed by atoms with Crippen molar-refractivity contribution in [2.45, 2.75) is 52.4 Å². The monoisotopic (exact) mass is 319 g/mol. The third-order valence-electron chi connectivity index (χ3n) is 3.21. The van der Waals surface area contributed by atoms with Gasteiger partial charge in [0.1, 0.15) is 0 Å². The first-order chi connectivity index (χ1) is 7.08. The van der Waals surface area contributed by atoms with Crippen LogP contribution in [0.25, 0.3) is 0 Å². The molecule has 0 saturated heterocycles. The average Bonchev–Trinajstić information content (AvgIpc) is 2.49. The van der Waals surface area contributed by atoms with Crippen LogP contribution in [0.15, 0.2) is 0 Å². The van der Waals surface area contributed by atoms with Crippen molar-refractivity contribution in [2.24, 2.45) is 5.41 Å². The Morgan fingerprint density at radius 1 is 1.27 bits per heavy atom. The quantitative estimate of drug-likeness (QED) is 0.688. The molecule has 4 heteroatoms. The average molecular weight is 319 g/mol. The Hall–Kier alpha value is -0.130. The van der Waals surface area contributed by atoms with Gasteiger partial charge in [0.25, 0.3) is 0 Å². The highest BCUT2D eigenvalue weighted by molar-refractivity contribution is 14.1. The summed E-state index contributed by atoms with van der Waals surface area (Å²) in [5, 5.41) is 8.43. The van der Waals surface area contributed by atoms with Crippen molar-refractivity contribution in [2.75, 3.05) is 0 Å². The Labute approximate surface area is 105 Å². The molecule has 1 aliphatic rings. The van der Waals surface area contributed by atoms with Gasteiger partial charge in [-0.3, -0.25) is 0 Å². The highest BCUT2D eigenvalue weighted by Gasteiger charge is 2.24. The fourth-order valence-electron chi connectivity index (χ4n) is 2.30. The summed E-state index contributed by atoms with van der Waals surface area (Å²) in [4.78, 5) is 0. The predicted molar refractivity (Wildman–Crippen MR) is 69.1 cm³/mol. The smallest absolute Gasteiger partial charge is 0.0873 e. The molecule has 84 valence electrons. The van der Waals surface area contributed by atoms with E-state index in [2.05, 4.69) is 47.0 Å². The Morgan fingerprint density at radius 3 is 2.87 bits per heavy atom. The standard InChI is InChI=1S/C11H18IN3/c1-11(2)7-5-3-4-6-10-9(8-11)13-14-15(10)12/h3-8H2,1-2H3. The molecule has 15 heavy (non-hydrogen) atoms. The molecule has 0 bridgehead atoms. The van der Waals surface area contributed by atoms with Gasteiger partial charge in [0.15, 0.2) is 0 Å². The van der Waals surface area contributed by atoms with E-state index >= 15 is 0 Å². The minimum absolute atomic E-state index is 0.381. The lowest BCUT2D eigenvalue weighted by Crippen LogP contribution is -2.15. The molecular weight excluding hydrogens is 301 g/mol. The van der Waals surface area contributed by atoms with Crippen molar-refractivity contribution < 1.29 is 0 Å². The number of halogens is 1. The van der Waals surface area contributed by atoms with E-state index in [0.29, 0.717) is 5.41 Å². The molecule has 3 nitrogen and oxygen atoms in total. The summed E-state index contributed by atoms with van der Waals surface area (Å²) in [5.41, 5.74) is 2.94. The number of nitrogens with zero attached hydrogens (tertiary/aromatic N) is 3. The van der Waals surface area contributed by atoms with E-state index < -0.39 is 0 Å². The Bertz CT molecular complexity index is 344. The van der Waals surface area contributed by atoms with E-state index in [1.54, 1.807) is 0 Å². The van der Waals surface area contributed by atoms with Crippen LogP contribution in [0.2, 0.25) is 0 Å². The Morgan fingerprint density at radius 2 is 2.07 bits per heavy atom. The second kappa shape index (κ2) is 4.39. The molecule has 0 aliphatic heterocycles. The van der Waals surface area contributed by atoms with E-state index in [1.165, 1.54) is 37.1 Å². The molecule has 0 radical (unpaired) electrons. The molecule has 1 aliphatic carbocycles. The molecule has 0 aromatic carbocycles. The molecule has 0 amide bonds. The van der Waals surface area contributed by atoms with Gasteiger partial charge in [-0.15, -0.1) is 5.10 Å². The minimum atomic E-state index is 0.381. The van der Waals surface area contributed by atoms with Gasteiger partial charge in [-0.1, -0.05) is 31.9 Å². The zero-order chi connectivity index (χ0) is 10.9. The van der Waals surface area contributed by atoms with Crippen molar-refractivity contribution in [3.8, 4) is 0 Å². The fraction of sp³-hybridized carbons (Fsp3) is 0.818. The largest absolute Gasteiger partial charge is 0.188 e. The topological polar surface area (TPSA) is 30.7 Å². The maximum atomic E-state index is 4.30. The van der Waals surface area contributed by atoms with Gasteiger partial charge in [0.2, 0.25) is 0 Å². The van der Waals surface area contributed by atoms with Crippen LogP contribution in [0.1, 0.15) is 50.9 Å². The van der Waals surface area contributed by atoms with Crippen molar-refractivity contribution in [1.29, 1.82) is 0 Å². The summed E-state index contributed by atoms with van der Waals surface area (Å²) in [6.07, 6.45) is 7.49. The van der Waals surface area contributed by atoms with Gasteiger partial charge in [0.05, 0.1) is 34.3 Å². The van der Waals surface area contributed by atoms with Crippen LogP contribution in [-0.2, 0) is 12.8 Å². The van der Waals surface area contributed by atoms with Crippen LogP contribution in [0.3, 0.4) is 0 Å². The highest BCUT2D eigenvalue weighted by atomic mass is 127. The molecule has 0 atom stereocenters. The molecule has 2 rings (SSSR count). The normalized spacial score (nSPS) is 21.3. The van der Waals surface area contributed by atoms with E-state index in [9.17, 15) is 0 Å². The highest BCUT2D eigenvalue weighted by Crippen LogP contribution is 2.31. The number of hydrogen-bond donors (Lipinski definition) is 0. The molecular formula is C11H18IN3. The van der Waals surface area contributed by atoms with Crippen LogP contribution in [-0.4, -0.2) is 13.2 Å². The van der Waals surface area contributed by atoms with Crippen LogP contribution in [0.5, 0.6) is 0 Å². The lowest BCUT2D eigenvalue weighted by atomic mass is 9.83. The summed E-state index contributed by atoms with van der Waals surface area (Å²) < 4.78 is 1.93. The van der Waals surface area contributed by atoms with Crippen molar-refractivity contribution in [3.05, 3.63) is 11.4 Å². The zero-order valence-electron chi connectivity index (χ0n) is 9.46. The molecule has 0 spiro atoms. The molecule has 0 unspecified atom stereocenters. The maximum Gasteiger partial charge on any atom is 0.0873 e. The molecule has 0 fully saturated rings. The van der Waals surface area contributed by atoms with Gasteiger partial charge in [-0.2, -0.15) is 2.90 Å². The van der Waals surface area contributed by atoms with Crippen LogP contribution < -0.4 is 0 Å². The number of hydrogen-bond acceptors (Lipinski definition) is 2. The first kappa shape index (κ1) is 11.4. The van der Waals surface area contributed by atoms with E-state index in [-0.39, 0.29) is 0 Å². The molecule has 0 N–H and O–H groups in total. The van der Waals surface area contributed by atoms with Gasteiger partial charge < -0.3 is 0 Å².